The Morgan fingerprint density at radius 1 is 0.842 bits per heavy atom. The Kier molecular flexibility index (Phi) is 13.2. The molecule has 0 spiro atoms. The lowest BCUT2D eigenvalue weighted by Gasteiger charge is -2.01. The lowest BCUT2D eigenvalue weighted by Crippen LogP contribution is -1.90. The third-order valence-electron chi connectivity index (χ3n) is 2.10. The van der Waals surface area contributed by atoms with E-state index < -0.39 is 0 Å². The second kappa shape index (κ2) is 12.7. The maximum Gasteiger partial charge on any atom is 0.0889 e. The lowest BCUT2D eigenvalue weighted by molar-refractivity contribution is 1.03. The van der Waals surface area contributed by atoms with Gasteiger partial charge in [-0.2, -0.15) is 0 Å². The van der Waals surface area contributed by atoms with E-state index in [1.165, 1.54) is 0 Å². The van der Waals surface area contributed by atoms with E-state index in [0.29, 0.717) is 0 Å². The molecule has 0 saturated heterocycles. The van der Waals surface area contributed by atoms with Crippen molar-refractivity contribution in [2.75, 3.05) is 0 Å². The predicted molar refractivity (Wildman–Crippen MR) is 86.3 cm³/mol. The van der Waals surface area contributed by atoms with Crippen molar-refractivity contribution in [2.45, 2.75) is 48.5 Å². The summed E-state index contributed by atoms with van der Waals surface area (Å²) in [7, 11) is 0. The molecule has 2 aromatic heterocycles. The first-order valence-corrected chi connectivity index (χ1v) is 6.77. The van der Waals surface area contributed by atoms with Crippen molar-refractivity contribution in [3.05, 3.63) is 48.3 Å². The van der Waals surface area contributed by atoms with Gasteiger partial charge in [-0.25, -0.2) is 0 Å². The normalized spacial score (nSPS) is 8.05. The number of hydrogen-bond acceptors (Lipinski definition) is 2. The van der Waals surface area contributed by atoms with Gasteiger partial charge in [-0.1, -0.05) is 54.2 Å². The second-order valence-electron chi connectivity index (χ2n) is 3.08. The molecule has 0 atom stereocenters. The minimum Gasteiger partial charge on any atom is -0.255 e. The Morgan fingerprint density at radius 3 is 2.00 bits per heavy atom. The van der Waals surface area contributed by atoms with Crippen LogP contribution in [0.3, 0.4) is 0 Å². The van der Waals surface area contributed by atoms with Gasteiger partial charge >= 0.3 is 0 Å². The van der Waals surface area contributed by atoms with Gasteiger partial charge in [0.05, 0.1) is 11.4 Å². The number of aryl methyl sites for hydroxylation is 1. The minimum atomic E-state index is 0. The lowest BCUT2D eigenvalue weighted by atomic mass is 10.2. The Morgan fingerprint density at radius 2 is 1.47 bits per heavy atom. The third kappa shape index (κ3) is 6.70. The molecule has 0 fully saturated rings. The Balaban J connectivity index is 0. The maximum absolute atomic E-state index is 4.50. The van der Waals surface area contributed by atoms with Gasteiger partial charge < -0.3 is 0 Å². The zero-order valence-electron chi connectivity index (χ0n) is 12.1. The summed E-state index contributed by atoms with van der Waals surface area (Å²) >= 11 is 0. The van der Waals surface area contributed by atoms with Crippen molar-refractivity contribution in [1.82, 2.24) is 9.97 Å². The molecule has 2 nitrogen and oxygen atoms in total. The molecule has 0 unspecified atom stereocenters. The van der Waals surface area contributed by atoms with Gasteiger partial charge in [0.25, 0.3) is 0 Å². The van der Waals surface area contributed by atoms with Crippen LogP contribution in [0, 0.1) is 0 Å². The zero-order chi connectivity index (χ0) is 13.8. The summed E-state index contributed by atoms with van der Waals surface area (Å²) in [4.78, 5) is 8.76. The Hall–Kier alpha value is -1.70. The molecule has 0 N–H and O–H groups in total. The zero-order valence-corrected chi connectivity index (χ0v) is 12.1. The summed E-state index contributed by atoms with van der Waals surface area (Å²) in [6.07, 6.45) is 2.75. The molecular formula is C17H28N2. The van der Waals surface area contributed by atoms with Crippen molar-refractivity contribution in [3.63, 3.8) is 0 Å². The van der Waals surface area contributed by atoms with Crippen LogP contribution in [0.25, 0.3) is 11.4 Å². The van der Waals surface area contributed by atoms with Crippen LogP contribution in [-0.2, 0) is 6.42 Å². The second-order valence-corrected chi connectivity index (χ2v) is 3.08. The molecule has 106 valence electrons. The van der Waals surface area contributed by atoms with Crippen molar-refractivity contribution < 1.29 is 0 Å². The molecule has 0 saturated carbocycles. The van der Waals surface area contributed by atoms with Crippen LogP contribution >= 0.6 is 0 Å². The van der Waals surface area contributed by atoms with Crippen molar-refractivity contribution >= 4 is 0 Å². The van der Waals surface area contributed by atoms with Gasteiger partial charge in [-0.3, -0.25) is 9.97 Å². The number of aromatic nitrogens is 2. The van der Waals surface area contributed by atoms with E-state index >= 15 is 0 Å². The summed E-state index contributed by atoms with van der Waals surface area (Å²) < 4.78 is 0. The van der Waals surface area contributed by atoms with Crippen LogP contribution < -0.4 is 0 Å². The highest BCUT2D eigenvalue weighted by Crippen LogP contribution is 2.13. The maximum atomic E-state index is 4.50. The first kappa shape index (κ1) is 19.6. The van der Waals surface area contributed by atoms with Gasteiger partial charge in [-0.15, -0.1) is 0 Å². The summed E-state index contributed by atoms with van der Waals surface area (Å²) in [6, 6.07) is 11.9. The molecule has 2 aromatic rings. The van der Waals surface area contributed by atoms with Gasteiger partial charge in [0.15, 0.2) is 0 Å². The third-order valence-corrected chi connectivity index (χ3v) is 2.10. The molecule has 0 amide bonds. The van der Waals surface area contributed by atoms with Crippen LogP contribution in [0.5, 0.6) is 0 Å². The van der Waals surface area contributed by atoms with E-state index in [-0.39, 0.29) is 7.43 Å². The highest BCUT2D eigenvalue weighted by atomic mass is 14.8. The van der Waals surface area contributed by atoms with E-state index in [1.54, 1.807) is 6.20 Å². The Bertz CT molecular complexity index is 411. The summed E-state index contributed by atoms with van der Waals surface area (Å²) in [6.45, 7) is 10.1. The largest absolute Gasteiger partial charge is 0.255 e. The average molecular weight is 260 g/mol. The van der Waals surface area contributed by atoms with Crippen molar-refractivity contribution in [1.29, 1.82) is 0 Å². The van der Waals surface area contributed by atoms with E-state index in [4.69, 9.17) is 0 Å². The van der Waals surface area contributed by atoms with E-state index in [1.807, 2.05) is 64.1 Å². The molecule has 19 heavy (non-hydrogen) atoms. The summed E-state index contributed by atoms with van der Waals surface area (Å²) in [5.41, 5.74) is 2.99. The molecule has 0 aliphatic heterocycles. The first-order chi connectivity index (χ1) is 8.90. The van der Waals surface area contributed by atoms with Gasteiger partial charge in [0.1, 0.15) is 0 Å². The van der Waals surface area contributed by atoms with Crippen LogP contribution in [0.2, 0.25) is 0 Å². The fraction of sp³-hybridized carbons (Fsp3) is 0.412. The van der Waals surface area contributed by atoms with E-state index in [0.717, 1.165) is 23.5 Å². The fourth-order valence-corrected chi connectivity index (χ4v) is 1.33. The topological polar surface area (TPSA) is 25.8 Å². The van der Waals surface area contributed by atoms with Crippen molar-refractivity contribution in [2.24, 2.45) is 0 Å². The molecule has 0 aromatic carbocycles. The van der Waals surface area contributed by atoms with Gasteiger partial charge in [0, 0.05) is 11.9 Å². The first-order valence-electron chi connectivity index (χ1n) is 6.77. The van der Waals surface area contributed by atoms with E-state index in [2.05, 4.69) is 16.9 Å². The Labute approximate surface area is 118 Å². The fourth-order valence-electron chi connectivity index (χ4n) is 1.33. The standard InChI is InChI=1S/C12H12N2.2C2H6.CH4/c1-2-10-6-5-8-12(14-10)11-7-3-4-9-13-11;2*1-2;/h3-9H,2H2,1H3;2*1-2H3;1H4. The molecule has 2 heterocycles. The van der Waals surface area contributed by atoms with E-state index in [9.17, 15) is 0 Å². The van der Waals surface area contributed by atoms with Gasteiger partial charge in [-0.05, 0) is 30.7 Å². The van der Waals surface area contributed by atoms with Crippen LogP contribution in [0.4, 0.5) is 0 Å². The van der Waals surface area contributed by atoms with Crippen LogP contribution in [0.1, 0.15) is 47.7 Å². The summed E-state index contributed by atoms with van der Waals surface area (Å²) in [5, 5.41) is 0. The monoisotopic (exact) mass is 260 g/mol. The molecule has 0 aliphatic carbocycles. The minimum absolute atomic E-state index is 0. The number of pyridine rings is 2. The van der Waals surface area contributed by atoms with Gasteiger partial charge in [0.2, 0.25) is 0 Å². The highest BCUT2D eigenvalue weighted by molar-refractivity contribution is 5.53. The van der Waals surface area contributed by atoms with Crippen LogP contribution in [-0.4, -0.2) is 9.97 Å². The molecular weight excluding hydrogens is 232 g/mol. The molecule has 2 rings (SSSR count). The number of hydrogen-bond donors (Lipinski definition) is 0. The molecule has 0 radical (unpaired) electrons. The highest BCUT2D eigenvalue weighted by Gasteiger charge is 1.99. The number of nitrogens with zero attached hydrogens (tertiary/aromatic N) is 2. The quantitative estimate of drug-likeness (QED) is 0.723. The average Bonchev–Trinajstić information content (AvgIpc) is 2.52. The predicted octanol–water partition coefficient (Wildman–Crippen LogP) is 5.39. The SMILES string of the molecule is C.CC.CC.CCc1cccc(-c2ccccn2)n1. The number of rotatable bonds is 2. The van der Waals surface area contributed by atoms with Crippen molar-refractivity contribution in [3.8, 4) is 11.4 Å². The molecule has 0 bridgehead atoms. The molecule has 2 heteroatoms. The van der Waals surface area contributed by atoms with Crippen LogP contribution in [0.15, 0.2) is 42.6 Å². The smallest absolute Gasteiger partial charge is 0.0889 e. The summed E-state index contributed by atoms with van der Waals surface area (Å²) in [5.74, 6) is 0. The molecule has 0 aliphatic rings.